The van der Waals surface area contributed by atoms with Gasteiger partial charge in [-0.15, -0.1) is 0 Å². The maximum absolute atomic E-state index is 13.4. The first kappa shape index (κ1) is 21.2. The van der Waals surface area contributed by atoms with E-state index in [1.54, 1.807) is 6.92 Å². The molecule has 22 heavy (non-hydrogen) atoms. The standard InChI is InChI=1S/C15H31FN2O4.2H2/c1-4-15(19)18-10-14(16)12-21-11-13(3)22-9-8-20-7-6-17-5-2;;/h13-14,17H,4-12H2,1-3H3,(H,18,19);2*1H. The molecule has 0 aromatic heterocycles. The number of alkyl halides is 1. The summed E-state index contributed by atoms with van der Waals surface area (Å²) in [6.07, 6.45) is -0.957. The Balaban J connectivity index is -0.00000220. The number of hydrogen-bond donors (Lipinski definition) is 2. The summed E-state index contributed by atoms with van der Waals surface area (Å²) in [4.78, 5) is 11.0. The second-order valence-corrected chi connectivity index (χ2v) is 4.94. The summed E-state index contributed by atoms with van der Waals surface area (Å²) >= 11 is 0. The Hall–Kier alpha value is -0.760. The molecule has 0 aliphatic rings. The lowest BCUT2D eigenvalue weighted by atomic mass is 10.3. The van der Waals surface area contributed by atoms with Crippen molar-refractivity contribution in [2.24, 2.45) is 0 Å². The minimum Gasteiger partial charge on any atom is -0.378 e. The number of rotatable bonds is 15. The van der Waals surface area contributed by atoms with E-state index in [1.807, 2.05) is 13.8 Å². The maximum Gasteiger partial charge on any atom is 0.219 e. The van der Waals surface area contributed by atoms with Crippen molar-refractivity contribution in [2.75, 3.05) is 52.7 Å². The third-order valence-electron chi connectivity index (χ3n) is 2.80. The Morgan fingerprint density at radius 2 is 1.95 bits per heavy atom. The average molecular weight is 326 g/mol. The summed E-state index contributed by atoms with van der Waals surface area (Å²) in [5.74, 6) is -0.159. The summed E-state index contributed by atoms with van der Waals surface area (Å²) in [7, 11) is 0. The van der Waals surface area contributed by atoms with Gasteiger partial charge in [-0.2, -0.15) is 0 Å². The number of halogens is 1. The molecule has 2 N–H and O–H groups in total. The molecule has 0 bridgehead atoms. The van der Waals surface area contributed by atoms with Gasteiger partial charge in [0.2, 0.25) is 5.91 Å². The highest BCUT2D eigenvalue weighted by atomic mass is 19.1. The molecule has 0 heterocycles. The molecule has 0 rings (SSSR count). The monoisotopic (exact) mass is 326 g/mol. The molecule has 0 aromatic carbocycles. The van der Waals surface area contributed by atoms with Crippen molar-refractivity contribution in [1.82, 2.24) is 10.6 Å². The highest BCUT2D eigenvalue weighted by Gasteiger charge is 2.09. The predicted octanol–water partition coefficient (Wildman–Crippen LogP) is 1.39. The number of nitrogens with one attached hydrogen (secondary N) is 2. The zero-order valence-corrected chi connectivity index (χ0v) is 14.0. The molecule has 0 radical (unpaired) electrons. The number of ether oxygens (including phenoxy) is 3. The van der Waals surface area contributed by atoms with Crippen LogP contribution in [0.25, 0.3) is 0 Å². The van der Waals surface area contributed by atoms with E-state index in [1.165, 1.54) is 0 Å². The van der Waals surface area contributed by atoms with Gasteiger partial charge in [0.1, 0.15) is 6.17 Å². The zero-order chi connectivity index (χ0) is 16.6. The molecule has 0 saturated heterocycles. The lowest BCUT2D eigenvalue weighted by molar-refractivity contribution is -0.121. The third kappa shape index (κ3) is 14.2. The van der Waals surface area contributed by atoms with Crippen LogP contribution >= 0.6 is 0 Å². The van der Waals surface area contributed by atoms with E-state index in [9.17, 15) is 9.18 Å². The molecule has 2 atom stereocenters. The van der Waals surface area contributed by atoms with Crippen LogP contribution in [-0.2, 0) is 19.0 Å². The molecule has 7 heteroatoms. The van der Waals surface area contributed by atoms with Crippen LogP contribution in [0, 0.1) is 0 Å². The molecule has 0 spiro atoms. The number of amides is 1. The van der Waals surface area contributed by atoms with Gasteiger partial charge in [-0.25, -0.2) is 4.39 Å². The van der Waals surface area contributed by atoms with Gasteiger partial charge in [-0.3, -0.25) is 4.79 Å². The third-order valence-corrected chi connectivity index (χ3v) is 2.80. The van der Waals surface area contributed by atoms with Gasteiger partial charge < -0.3 is 24.8 Å². The molecule has 0 aliphatic heterocycles. The second-order valence-electron chi connectivity index (χ2n) is 4.94. The topological polar surface area (TPSA) is 68.8 Å². The van der Waals surface area contributed by atoms with Gasteiger partial charge in [0, 0.05) is 15.8 Å². The smallest absolute Gasteiger partial charge is 0.219 e. The lowest BCUT2D eigenvalue weighted by Gasteiger charge is -2.15. The minimum atomic E-state index is -1.20. The quantitative estimate of drug-likeness (QED) is 0.445. The summed E-state index contributed by atoms with van der Waals surface area (Å²) in [6.45, 7) is 9.35. The first-order valence-corrected chi connectivity index (χ1v) is 7.98. The summed E-state index contributed by atoms with van der Waals surface area (Å²) in [5.41, 5.74) is 0. The minimum absolute atomic E-state index is 0. The van der Waals surface area contributed by atoms with Gasteiger partial charge in [0.25, 0.3) is 0 Å². The van der Waals surface area contributed by atoms with E-state index < -0.39 is 6.17 Å². The molecular formula is C15H35FN2O4. The van der Waals surface area contributed by atoms with Gasteiger partial charge in [-0.05, 0) is 13.5 Å². The fourth-order valence-electron chi connectivity index (χ4n) is 1.55. The second kappa shape index (κ2) is 15.1. The van der Waals surface area contributed by atoms with Crippen molar-refractivity contribution in [3.8, 4) is 0 Å². The number of likely N-dealkylation sites (N-methyl/N-ethyl adjacent to an activating group) is 1. The normalized spacial score (nSPS) is 13.8. The number of hydrogen-bond acceptors (Lipinski definition) is 5. The molecule has 0 aromatic rings. The van der Waals surface area contributed by atoms with E-state index in [2.05, 4.69) is 10.6 Å². The molecular weight excluding hydrogens is 291 g/mol. The van der Waals surface area contributed by atoms with E-state index >= 15 is 0 Å². The van der Waals surface area contributed by atoms with Crippen LogP contribution in [0.15, 0.2) is 0 Å². The van der Waals surface area contributed by atoms with Crippen LogP contribution < -0.4 is 10.6 Å². The van der Waals surface area contributed by atoms with Crippen molar-refractivity contribution < 1.29 is 26.2 Å². The van der Waals surface area contributed by atoms with E-state index in [-0.39, 0.29) is 28.0 Å². The lowest BCUT2D eigenvalue weighted by Crippen LogP contribution is -2.32. The van der Waals surface area contributed by atoms with Crippen LogP contribution in [0.3, 0.4) is 0 Å². The van der Waals surface area contributed by atoms with Gasteiger partial charge >= 0.3 is 0 Å². The van der Waals surface area contributed by atoms with Gasteiger partial charge in [0.15, 0.2) is 0 Å². The Kier molecular flexibility index (Phi) is 14.6. The molecule has 1 amide bonds. The fraction of sp³-hybridized carbons (Fsp3) is 0.933. The largest absolute Gasteiger partial charge is 0.378 e. The Morgan fingerprint density at radius 3 is 2.64 bits per heavy atom. The van der Waals surface area contributed by atoms with Crippen LogP contribution in [0.5, 0.6) is 0 Å². The maximum atomic E-state index is 13.4. The van der Waals surface area contributed by atoms with Crippen LogP contribution in [0.2, 0.25) is 0 Å². The number of carbonyl (C=O) groups excluding carboxylic acids is 1. The SMILES string of the molecule is CCNCCOCCOC(C)COCC(F)CNC(=O)CC.[HH].[HH]. The Bertz CT molecular complexity index is 280. The summed E-state index contributed by atoms with van der Waals surface area (Å²) in [5, 5.41) is 5.65. The van der Waals surface area contributed by atoms with Crippen molar-refractivity contribution >= 4 is 5.91 Å². The van der Waals surface area contributed by atoms with Crippen LogP contribution in [0.1, 0.15) is 30.0 Å². The molecule has 0 aliphatic carbocycles. The number of carbonyl (C=O) groups is 1. The molecule has 0 saturated carbocycles. The summed E-state index contributed by atoms with van der Waals surface area (Å²) in [6, 6.07) is 0. The van der Waals surface area contributed by atoms with Gasteiger partial charge in [0.05, 0.1) is 45.7 Å². The molecule has 2 unspecified atom stereocenters. The van der Waals surface area contributed by atoms with Gasteiger partial charge in [-0.1, -0.05) is 13.8 Å². The van der Waals surface area contributed by atoms with E-state index in [0.29, 0.717) is 32.8 Å². The molecule has 6 nitrogen and oxygen atoms in total. The van der Waals surface area contributed by atoms with Crippen LogP contribution in [-0.4, -0.2) is 70.9 Å². The molecule has 0 fully saturated rings. The first-order valence-electron chi connectivity index (χ1n) is 7.98. The highest BCUT2D eigenvalue weighted by Crippen LogP contribution is 1.96. The highest BCUT2D eigenvalue weighted by molar-refractivity contribution is 5.75. The van der Waals surface area contributed by atoms with Crippen molar-refractivity contribution in [2.45, 2.75) is 39.5 Å². The van der Waals surface area contributed by atoms with E-state index in [4.69, 9.17) is 14.2 Å². The Morgan fingerprint density at radius 1 is 1.18 bits per heavy atom. The molecule has 136 valence electrons. The predicted molar refractivity (Wildman–Crippen MR) is 88.0 cm³/mol. The van der Waals surface area contributed by atoms with Crippen molar-refractivity contribution in [3.05, 3.63) is 0 Å². The van der Waals surface area contributed by atoms with Crippen molar-refractivity contribution in [1.29, 1.82) is 0 Å². The van der Waals surface area contributed by atoms with E-state index in [0.717, 1.165) is 13.1 Å². The van der Waals surface area contributed by atoms with Crippen LogP contribution in [0.4, 0.5) is 4.39 Å². The Labute approximate surface area is 136 Å². The van der Waals surface area contributed by atoms with Crippen molar-refractivity contribution in [3.63, 3.8) is 0 Å². The summed E-state index contributed by atoms with van der Waals surface area (Å²) < 4.78 is 29.5. The zero-order valence-electron chi connectivity index (χ0n) is 14.0. The fourth-order valence-corrected chi connectivity index (χ4v) is 1.55. The average Bonchev–Trinajstić information content (AvgIpc) is 2.51. The first-order chi connectivity index (χ1) is 10.6.